The first kappa shape index (κ1) is 17.9. The van der Waals surface area contributed by atoms with Gasteiger partial charge in [-0.1, -0.05) is 24.3 Å². The third kappa shape index (κ3) is 3.46. The van der Waals surface area contributed by atoms with E-state index < -0.39 is 0 Å². The van der Waals surface area contributed by atoms with E-state index in [1.54, 1.807) is 11.1 Å². The van der Waals surface area contributed by atoms with Crippen LogP contribution in [0.5, 0.6) is 11.5 Å². The molecule has 2 aromatic rings. The Bertz CT molecular complexity index is 817. The Kier molecular flexibility index (Phi) is 4.89. The van der Waals surface area contributed by atoms with Gasteiger partial charge in [0.05, 0.1) is 18.9 Å². The van der Waals surface area contributed by atoms with E-state index >= 15 is 0 Å². The van der Waals surface area contributed by atoms with Crippen LogP contribution < -0.4 is 14.4 Å². The zero-order valence-electron chi connectivity index (χ0n) is 16.8. The first-order chi connectivity index (χ1) is 13.8. The Labute approximate surface area is 168 Å². The smallest absolute Gasteiger partial charge is 0.143 e. The van der Waals surface area contributed by atoms with Crippen molar-refractivity contribution in [2.75, 3.05) is 50.8 Å². The highest BCUT2D eigenvalue weighted by molar-refractivity contribution is 5.65. The van der Waals surface area contributed by atoms with Gasteiger partial charge in [-0.3, -0.25) is 4.90 Å². The average molecular weight is 379 g/mol. The van der Waals surface area contributed by atoms with E-state index in [0.717, 1.165) is 56.6 Å². The zero-order valence-corrected chi connectivity index (χ0v) is 16.8. The van der Waals surface area contributed by atoms with Gasteiger partial charge in [-0.25, -0.2) is 0 Å². The van der Waals surface area contributed by atoms with Gasteiger partial charge in [0.15, 0.2) is 0 Å². The number of ether oxygens (including phenoxy) is 2. The molecule has 2 heterocycles. The minimum Gasteiger partial charge on any atom is -0.493 e. The van der Waals surface area contributed by atoms with E-state index in [1.165, 1.54) is 30.6 Å². The number of benzene rings is 2. The molecule has 1 fully saturated rings. The summed E-state index contributed by atoms with van der Waals surface area (Å²) in [6.07, 6.45) is 3.48. The molecule has 0 aromatic heterocycles. The summed E-state index contributed by atoms with van der Waals surface area (Å²) >= 11 is 0. The Morgan fingerprint density at radius 2 is 1.75 bits per heavy atom. The van der Waals surface area contributed by atoms with Crippen LogP contribution in [0.15, 0.2) is 36.4 Å². The second kappa shape index (κ2) is 7.67. The Morgan fingerprint density at radius 1 is 1.00 bits per heavy atom. The molecule has 3 aliphatic rings. The Hall–Kier alpha value is -2.20. The van der Waals surface area contributed by atoms with E-state index in [1.807, 2.05) is 0 Å². The highest BCUT2D eigenvalue weighted by Gasteiger charge is 2.27. The van der Waals surface area contributed by atoms with Crippen LogP contribution in [0.25, 0.3) is 0 Å². The summed E-state index contributed by atoms with van der Waals surface area (Å²) in [5.41, 5.74) is 5.61. The molecule has 1 saturated heterocycles. The minimum atomic E-state index is 0.703. The van der Waals surface area contributed by atoms with Crippen LogP contribution in [0, 0.1) is 5.92 Å². The van der Waals surface area contributed by atoms with Gasteiger partial charge >= 0.3 is 0 Å². The van der Waals surface area contributed by atoms with Crippen molar-refractivity contribution in [3.63, 3.8) is 0 Å². The third-order valence-electron chi connectivity index (χ3n) is 6.44. The Balaban J connectivity index is 1.22. The number of nitrogens with zero attached hydrogens (tertiary/aromatic N) is 2. The van der Waals surface area contributed by atoms with Gasteiger partial charge in [0.25, 0.3) is 0 Å². The average Bonchev–Trinajstić information content (AvgIpc) is 3.34. The molecule has 0 unspecified atom stereocenters. The maximum absolute atomic E-state index is 5.97. The number of rotatable bonds is 5. The molecule has 2 aromatic carbocycles. The van der Waals surface area contributed by atoms with E-state index in [2.05, 4.69) is 53.1 Å². The van der Waals surface area contributed by atoms with E-state index in [4.69, 9.17) is 9.47 Å². The van der Waals surface area contributed by atoms with Crippen molar-refractivity contribution in [3.8, 4) is 11.5 Å². The van der Waals surface area contributed by atoms with Gasteiger partial charge in [0, 0.05) is 50.8 Å². The number of anilines is 1. The van der Waals surface area contributed by atoms with Crippen molar-refractivity contribution in [1.82, 2.24) is 4.90 Å². The topological polar surface area (TPSA) is 24.9 Å². The van der Waals surface area contributed by atoms with Crippen LogP contribution in [-0.2, 0) is 19.3 Å². The fourth-order valence-electron chi connectivity index (χ4n) is 5.03. The molecule has 0 spiro atoms. The van der Waals surface area contributed by atoms with Crippen LogP contribution in [0.1, 0.15) is 23.6 Å². The SMILES string of the molecule is CCOc1cc2c(cc1N1CCN(CC3Cc4ccccc4C3)CC1)OCC2. The van der Waals surface area contributed by atoms with Gasteiger partial charge in [-0.15, -0.1) is 0 Å². The summed E-state index contributed by atoms with van der Waals surface area (Å²) in [6.45, 7) is 9.12. The lowest BCUT2D eigenvalue weighted by Gasteiger charge is -2.37. The van der Waals surface area contributed by atoms with Gasteiger partial charge in [0.2, 0.25) is 0 Å². The summed E-state index contributed by atoms with van der Waals surface area (Å²) in [4.78, 5) is 5.13. The summed E-state index contributed by atoms with van der Waals surface area (Å²) in [5, 5.41) is 0. The molecule has 4 heteroatoms. The molecule has 28 heavy (non-hydrogen) atoms. The van der Waals surface area contributed by atoms with Crippen molar-refractivity contribution in [2.45, 2.75) is 26.2 Å². The molecule has 0 radical (unpaired) electrons. The number of fused-ring (bicyclic) bond motifs is 2. The van der Waals surface area contributed by atoms with Gasteiger partial charge < -0.3 is 14.4 Å². The van der Waals surface area contributed by atoms with Crippen molar-refractivity contribution < 1.29 is 9.47 Å². The highest BCUT2D eigenvalue weighted by atomic mass is 16.5. The zero-order chi connectivity index (χ0) is 18.9. The van der Waals surface area contributed by atoms with Gasteiger partial charge in [-0.2, -0.15) is 0 Å². The highest BCUT2D eigenvalue weighted by Crippen LogP contribution is 2.39. The second-order valence-electron chi connectivity index (χ2n) is 8.29. The lowest BCUT2D eigenvalue weighted by molar-refractivity contribution is 0.220. The molecular formula is C24H30N2O2. The number of piperazine rings is 1. The predicted molar refractivity (Wildman–Crippen MR) is 113 cm³/mol. The summed E-state index contributed by atoms with van der Waals surface area (Å²) in [6, 6.07) is 13.4. The molecule has 0 atom stereocenters. The third-order valence-corrected chi connectivity index (χ3v) is 6.44. The maximum Gasteiger partial charge on any atom is 0.143 e. The monoisotopic (exact) mass is 378 g/mol. The molecule has 0 saturated carbocycles. The quantitative estimate of drug-likeness (QED) is 0.794. The number of hydrogen-bond acceptors (Lipinski definition) is 4. The molecule has 0 N–H and O–H groups in total. The lowest BCUT2D eigenvalue weighted by Crippen LogP contribution is -2.48. The van der Waals surface area contributed by atoms with Gasteiger partial charge in [-0.05, 0) is 42.9 Å². The lowest BCUT2D eigenvalue weighted by atomic mass is 10.1. The number of hydrogen-bond donors (Lipinski definition) is 0. The molecule has 1 aliphatic carbocycles. The Morgan fingerprint density at radius 3 is 2.46 bits per heavy atom. The van der Waals surface area contributed by atoms with Crippen molar-refractivity contribution in [2.24, 2.45) is 5.92 Å². The van der Waals surface area contributed by atoms with Crippen LogP contribution >= 0.6 is 0 Å². The van der Waals surface area contributed by atoms with Crippen molar-refractivity contribution >= 4 is 5.69 Å². The normalized spacial score (nSPS) is 19.4. The molecular weight excluding hydrogens is 348 g/mol. The molecule has 5 rings (SSSR count). The minimum absolute atomic E-state index is 0.703. The summed E-state index contributed by atoms with van der Waals surface area (Å²) in [7, 11) is 0. The van der Waals surface area contributed by atoms with Crippen molar-refractivity contribution in [1.29, 1.82) is 0 Å². The molecule has 0 amide bonds. The standard InChI is InChI=1S/C24H30N2O2/c1-2-27-24-15-21-7-12-28-23(21)16-22(24)26-10-8-25(9-11-26)17-18-13-19-5-3-4-6-20(19)14-18/h3-6,15-16,18H,2,7-14,17H2,1H3. The van der Waals surface area contributed by atoms with Crippen LogP contribution in [0.4, 0.5) is 5.69 Å². The van der Waals surface area contributed by atoms with Crippen LogP contribution in [-0.4, -0.2) is 50.8 Å². The summed E-state index contributed by atoms with van der Waals surface area (Å²) < 4.78 is 11.8. The van der Waals surface area contributed by atoms with Crippen LogP contribution in [0.3, 0.4) is 0 Å². The van der Waals surface area contributed by atoms with E-state index in [0.29, 0.717) is 6.61 Å². The molecule has 148 valence electrons. The summed E-state index contributed by atoms with van der Waals surface area (Å²) in [5.74, 6) is 2.84. The first-order valence-corrected chi connectivity index (χ1v) is 10.8. The molecule has 0 bridgehead atoms. The van der Waals surface area contributed by atoms with Gasteiger partial charge in [0.1, 0.15) is 11.5 Å². The molecule has 2 aliphatic heterocycles. The largest absolute Gasteiger partial charge is 0.493 e. The maximum atomic E-state index is 5.97. The predicted octanol–water partition coefficient (Wildman–Crippen LogP) is 3.56. The van der Waals surface area contributed by atoms with E-state index in [-0.39, 0.29) is 0 Å². The molecule has 4 nitrogen and oxygen atoms in total. The van der Waals surface area contributed by atoms with Crippen LogP contribution in [0.2, 0.25) is 0 Å². The fraction of sp³-hybridized carbons (Fsp3) is 0.500. The fourth-order valence-corrected chi connectivity index (χ4v) is 5.03. The second-order valence-corrected chi connectivity index (χ2v) is 8.29. The van der Waals surface area contributed by atoms with E-state index in [9.17, 15) is 0 Å². The van der Waals surface area contributed by atoms with Crippen molar-refractivity contribution in [3.05, 3.63) is 53.1 Å². The first-order valence-electron chi connectivity index (χ1n) is 10.8.